The SMILES string of the molecule is COc1cc(C)ccc1C1CC(=O)NCc2nc3ccc(C)cn3c21. The molecule has 2 aromatic heterocycles. The van der Waals surface area contributed by atoms with E-state index >= 15 is 0 Å². The number of carbonyl (C=O) groups excluding carboxylic acids is 1. The number of fused-ring (bicyclic) bond motifs is 3. The van der Waals surface area contributed by atoms with Crippen LogP contribution in [0.1, 0.15) is 40.4 Å². The number of nitrogens with one attached hydrogen (secondary N) is 1. The van der Waals surface area contributed by atoms with Crippen LogP contribution in [0.4, 0.5) is 0 Å². The Bertz CT molecular complexity index is 974. The second-order valence-electron chi connectivity index (χ2n) is 6.66. The first-order valence-corrected chi connectivity index (χ1v) is 8.45. The van der Waals surface area contributed by atoms with Crippen molar-refractivity contribution in [2.45, 2.75) is 32.7 Å². The number of nitrogens with zero attached hydrogens (tertiary/aromatic N) is 2. The molecule has 1 aliphatic rings. The number of carbonyl (C=O) groups is 1. The van der Waals surface area contributed by atoms with Gasteiger partial charge in [0, 0.05) is 24.1 Å². The number of ether oxygens (including phenoxy) is 1. The zero-order valence-electron chi connectivity index (χ0n) is 14.7. The summed E-state index contributed by atoms with van der Waals surface area (Å²) in [4.78, 5) is 17.1. The molecule has 5 heteroatoms. The lowest BCUT2D eigenvalue weighted by Gasteiger charge is -2.19. The Balaban J connectivity index is 1.98. The van der Waals surface area contributed by atoms with E-state index < -0.39 is 0 Å². The molecule has 3 heterocycles. The predicted octanol–water partition coefficient (Wildman–Crippen LogP) is 3.11. The number of imidazole rings is 1. The minimum atomic E-state index is -0.0927. The number of rotatable bonds is 2. The molecule has 25 heavy (non-hydrogen) atoms. The molecule has 128 valence electrons. The molecule has 1 unspecified atom stereocenters. The number of pyridine rings is 1. The van der Waals surface area contributed by atoms with Crippen molar-refractivity contribution in [3.8, 4) is 5.75 Å². The second-order valence-corrected chi connectivity index (χ2v) is 6.66. The fourth-order valence-corrected chi connectivity index (χ4v) is 3.62. The van der Waals surface area contributed by atoms with Gasteiger partial charge in [-0.05, 0) is 37.1 Å². The molecule has 0 aliphatic carbocycles. The smallest absolute Gasteiger partial charge is 0.221 e. The largest absolute Gasteiger partial charge is 0.496 e. The Kier molecular flexibility index (Phi) is 3.71. The highest BCUT2D eigenvalue weighted by Crippen LogP contribution is 2.38. The molecule has 1 atom stereocenters. The van der Waals surface area contributed by atoms with E-state index in [0.29, 0.717) is 13.0 Å². The van der Waals surface area contributed by atoms with E-state index in [1.807, 2.05) is 19.1 Å². The van der Waals surface area contributed by atoms with Crippen LogP contribution in [0.3, 0.4) is 0 Å². The van der Waals surface area contributed by atoms with Crippen LogP contribution in [0.5, 0.6) is 5.75 Å². The number of aromatic nitrogens is 2. The average Bonchev–Trinajstić information content (AvgIpc) is 2.86. The third-order valence-corrected chi connectivity index (χ3v) is 4.82. The number of benzene rings is 1. The number of methoxy groups -OCH3 is 1. The monoisotopic (exact) mass is 335 g/mol. The third-order valence-electron chi connectivity index (χ3n) is 4.82. The first-order valence-electron chi connectivity index (χ1n) is 8.45. The summed E-state index contributed by atoms with van der Waals surface area (Å²) < 4.78 is 7.74. The zero-order chi connectivity index (χ0) is 17.6. The first-order chi connectivity index (χ1) is 12.1. The Hall–Kier alpha value is -2.82. The summed E-state index contributed by atoms with van der Waals surface area (Å²) in [5, 5.41) is 2.97. The summed E-state index contributed by atoms with van der Waals surface area (Å²) in [5.41, 5.74) is 6.21. The summed E-state index contributed by atoms with van der Waals surface area (Å²) in [5.74, 6) is 0.755. The van der Waals surface area contributed by atoms with E-state index in [0.717, 1.165) is 39.5 Å². The van der Waals surface area contributed by atoms with E-state index in [1.54, 1.807) is 7.11 Å². The van der Waals surface area contributed by atoms with Gasteiger partial charge < -0.3 is 14.5 Å². The van der Waals surface area contributed by atoms with Gasteiger partial charge in [-0.25, -0.2) is 4.98 Å². The lowest BCUT2D eigenvalue weighted by molar-refractivity contribution is -0.121. The molecule has 3 aromatic rings. The van der Waals surface area contributed by atoms with Gasteiger partial charge in [-0.3, -0.25) is 4.79 Å². The molecule has 0 bridgehead atoms. The first kappa shape index (κ1) is 15.7. The molecule has 1 N–H and O–H groups in total. The number of amides is 1. The summed E-state index contributed by atoms with van der Waals surface area (Å²) >= 11 is 0. The van der Waals surface area contributed by atoms with Crippen LogP contribution in [0.15, 0.2) is 36.5 Å². The Morgan fingerprint density at radius 1 is 1.20 bits per heavy atom. The molecule has 0 radical (unpaired) electrons. The lowest BCUT2D eigenvalue weighted by atomic mass is 9.90. The molecule has 1 aliphatic heterocycles. The van der Waals surface area contributed by atoms with Gasteiger partial charge in [0.2, 0.25) is 5.91 Å². The predicted molar refractivity (Wildman–Crippen MR) is 96.0 cm³/mol. The van der Waals surface area contributed by atoms with Crippen molar-refractivity contribution in [2.24, 2.45) is 0 Å². The van der Waals surface area contributed by atoms with Gasteiger partial charge in [0.25, 0.3) is 0 Å². The van der Waals surface area contributed by atoms with Gasteiger partial charge in [-0.15, -0.1) is 0 Å². The van der Waals surface area contributed by atoms with E-state index in [4.69, 9.17) is 9.72 Å². The van der Waals surface area contributed by atoms with Crippen LogP contribution < -0.4 is 10.1 Å². The van der Waals surface area contributed by atoms with Gasteiger partial charge in [0.1, 0.15) is 11.4 Å². The fourth-order valence-electron chi connectivity index (χ4n) is 3.62. The maximum absolute atomic E-state index is 12.3. The molecule has 0 fully saturated rings. The number of aryl methyl sites for hydroxylation is 2. The number of hydrogen-bond acceptors (Lipinski definition) is 3. The third kappa shape index (κ3) is 2.65. The summed E-state index contributed by atoms with van der Waals surface area (Å²) in [6.07, 6.45) is 2.47. The molecule has 5 nitrogen and oxygen atoms in total. The van der Waals surface area contributed by atoms with Crippen LogP contribution in [0.25, 0.3) is 5.65 Å². The van der Waals surface area contributed by atoms with E-state index in [9.17, 15) is 4.79 Å². The van der Waals surface area contributed by atoms with Gasteiger partial charge in [0.15, 0.2) is 0 Å². The average molecular weight is 335 g/mol. The van der Waals surface area contributed by atoms with Crippen molar-refractivity contribution in [3.05, 3.63) is 64.6 Å². The molecule has 4 rings (SSSR count). The minimum Gasteiger partial charge on any atom is -0.496 e. The van der Waals surface area contributed by atoms with Crippen molar-refractivity contribution in [2.75, 3.05) is 7.11 Å². The highest BCUT2D eigenvalue weighted by atomic mass is 16.5. The van der Waals surface area contributed by atoms with Crippen molar-refractivity contribution >= 4 is 11.6 Å². The molecule has 0 saturated carbocycles. The summed E-state index contributed by atoms with van der Waals surface area (Å²) in [7, 11) is 1.68. The molecule has 0 saturated heterocycles. The summed E-state index contributed by atoms with van der Waals surface area (Å²) in [6.45, 7) is 4.56. The second kappa shape index (κ2) is 5.92. The van der Waals surface area contributed by atoms with Gasteiger partial charge in [-0.2, -0.15) is 0 Å². The van der Waals surface area contributed by atoms with E-state index in [2.05, 4.69) is 41.0 Å². The van der Waals surface area contributed by atoms with E-state index in [1.165, 1.54) is 0 Å². The van der Waals surface area contributed by atoms with Crippen LogP contribution >= 0.6 is 0 Å². The minimum absolute atomic E-state index is 0.0343. The van der Waals surface area contributed by atoms with E-state index in [-0.39, 0.29) is 11.8 Å². The Labute approximate surface area is 146 Å². The lowest BCUT2D eigenvalue weighted by Crippen LogP contribution is -2.21. The van der Waals surface area contributed by atoms with Crippen molar-refractivity contribution < 1.29 is 9.53 Å². The maximum atomic E-state index is 12.3. The fraction of sp³-hybridized carbons (Fsp3) is 0.300. The molecule has 1 aromatic carbocycles. The quantitative estimate of drug-likeness (QED) is 0.783. The Morgan fingerprint density at radius 3 is 2.80 bits per heavy atom. The summed E-state index contributed by atoms with van der Waals surface area (Å²) in [6, 6.07) is 10.2. The van der Waals surface area contributed by atoms with Crippen molar-refractivity contribution in [1.29, 1.82) is 0 Å². The molecular formula is C20H21N3O2. The Morgan fingerprint density at radius 2 is 2.00 bits per heavy atom. The van der Waals surface area contributed by atoms with Crippen LogP contribution in [0.2, 0.25) is 0 Å². The van der Waals surface area contributed by atoms with Crippen LogP contribution in [-0.2, 0) is 11.3 Å². The van der Waals surface area contributed by atoms with Crippen molar-refractivity contribution in [3.63, 3.8) is 0 Å². The highest BCUT2D eigenvalue weighted by molar-refractivity contribution is 5.78. The van der Waals surface area contributed by atoms with Gasteiger partial charge in [-0.1, -0.05) is 18.2 Å². The van der Waals surface area contributed by atoms with Gasteiger partial charge in [0.05, 0.1) is 25.0 Å². The van der Waals surface area contributed by atoms with Gasteiger partial charge >= 0.3 is 0 Å². The zero-order valence-corrected chi connectivity index (χ0v) is 14.7. The van der Waals surface area contributed by atoms with Crippen molar-refractivity contribution in [1.82, 2.24) is 14.7 Å². The van der Waals surface area contributed by atoms with Crippen LogP contribution in [0, 0.1) is 13.8 Å². The number of hydrogen-bond donors (Lipinski definition) is 1. The molecule has 0 spiro atoms. The topological polar surface area (TPSA) is 55.6 Å². The molecular weight excluding hydrogens is 314 g/mol. The highest BCUT2D eigenvalue weighted by Gasteiger charge is 2.30. The standard InChI is InChI=1S/C20H21N3O2/c1-12-4-6-14(17(8-12)25-3)15-9-19(24)21-10-16-20(15)23-11-13(2)5-7-18(23)22-16/h4-8,11,15H,9-10H2,1-3H3,(H,21,24). The normalized spacial score (nSPS) is 17.1. The molecule has 1 amide bonds. The maximum Gasteiger partial charge on any atom is 0.221 e. The van der Waals surface area contributed by atoms with Crippen LogP contribution in [-0.4, -0.2) is 22.4 Å².